The maximum absolute atomic E-state index is 12.6. The number of carbonyl (C=O) groups excluding carboxylic acids is 1. The maximum atomic E-state index is 12.6. The van der Waals surface area contributed by atoms with Crippen molar-refractivity contribution < 1.29 is 4.79 Å². The van der Waals surface area contributed by atoms with Gasteiger partial charge < -0.3 is 0 Å². The molecule has 1 aromatic carbocycles. The molecule has 3 rings (SSSR count). The number of benzene rings is 1. The van der Waals surface area contributed by atoms with Gasteiger partial charge in [-0.15, -0.1) is 0 Å². The Morgan fingerprint density at radius 1 is 1.14 bits per heavy atom. The molecule has 1 aromatic heterocycles. The molecule has 0 bridgehead atoms. The Hall–Kier alpha value is -1.90. The van der Waals surface area contributed by atoms with E-state index in [1.165, 1.54) is 0 Å². The highest BCUT2D eigenvalue weighted by atomic mass is 16.1. The van der Waals surface area contributed by atoms with E-state index in [9.17, 15) is 4.79 Å². The lowest BCUT2D eigenvalue weighted by molar-refractivity contribution is 0.0837. The molecule has 0 spiro atoms. The van der Waals surface area contributed by atoms with Crippen LogP contribution in [-0.2, 0) is 0 Å². The van der Waals surface area contributed by atoms with Crippen molar-refractivity contribution in [3.8, 4) is 5.69 Å². The van der Waals surface area contributed by atoms with E-state index in [1.807, 2.05) is 36.5 Å². The standard InChI is InChI=1S/C18H22N2O/c1-13-8-9-15(10-14(13)2)18(21)16-11-19-20(12-16)17-6-4-3-5-7-17/h3-7,11-15H,8-10H2,1-2H3. The summed E-state index contributed by atoms with van der Waals surface area (Å²) in [7, 11) is 0. The molecule has 0 aliphatic heterocycles. The summed E-state index contributed by atoms with van der Waals surface area (Å²) >= 11 is 0. The highest BCUT2D eigenvalue weighted by molar-refractivity contribution is 5.97. The van der Waals surface area contributed by atoms with Crippen molar-refractivity contribution in [1.29, 1.82) is 0 Å². The average molecular weight is 282 g/mol. The number of nitrogens with zero attached hydrogens (tertiary/aromatic N) is 2. The van der Waals surface area contributed by atoms with Crippen molar-refractivity contribution in [2.24, 2.45) is 17.8 Å². The summed E-state index contributed by atoms with van der Waals surface area (Å²) in [5.41, 5.74) is 1.73. The number of aromatic nitrogens is 2. The van der Waals surface area contributed by atoms with Crippen molar-refractivity contribution in [2.75, 3.05) is 0 Å². The van der Waals surface area contributed by atoms with Gasteiger partial charge in [0.1, 0.15) is 0 Å². The zero-order chi connectivity index (χ0) is 14.8. The summed E-state index contributed by atoms with van der Waals surface area (Å²) in [6.07, 6.45) is 6.75. The van der Waals surface area contributed by atoms with Crippen LogP contribution in [0.25, 0.3) is 5.69 Å². The molecule has 1 aliphatic rings. The molecule has 1 heterocycles. The van der Waals surface area contributed by atoms with Crippen LogP contribution in [0.5, 0.6) is 0 Å². The fraction of sp³-hybridized carbons (Fsp3) is 0.444. The predicted molar refractivity (Wildman–Crippen MR) is 83.6 cm³/mol. The summed E-state index contributed by atoms with van der Waals surface area (Å²) in [6.45, 7) is 4.55. The normalized spacial score (nSPS) is 25.7. The van der Waals surface area contributed by atoms with E-state index in [2.05, 4.69) is 18.9 Å². The van der Waals surface area contributed by atoms with Crippen LogP contribution in [0.3, 0.4) is 0 Å². The fourth-order valence-electron chi connectivity index (χ4n) is 3.19. The van der Waals surface area contributed by atoms with Gasteiger partial charge in [0, 0.05) is 12.1 Å². The second kappa shape index (κ2) is 5.84. The molecule has 3 unspecified atom stereocenters. The molecule has 0 amide bonds. The van der Waals surface area contributed by atoms with E-state index in [0.717, 1.165) is 36.4 Å². The third-order valence-electron chi connectivity index (χ3n) is 4.86. The average Bonchev–Trinajstić information content (AvgIpc) is 3.00. The van der Waals surface area contributed by atoms with Crippen LogP contribution in [0.1, 0.15) is 43.5 Å². The minimum Gasteiger partial charge on any atom is -0.294 e. The van der Waals surface area contributed by atoms with Gasteiger partial charge in [0.2, 0.25) is 0 Å². The Morgan fingerprint density at radius 2 is 1.90 bits per heavy atom. The highest BCUT2D eigenvalue weighted by Crippen LogP contribution is 2.35. The third kappa shape index (κ3) is 2.92. The van der Waals surface area contributed by atoms with Crippen molar-refractivity contribution in [2.45, 2.75) is 33.1 Å². The predicted octanol–water partition coefficient (Wildman–Crippen LogP) is 4.13. The maximum Gasteiger partial charge on any atom is 0.169 e. The number of rotatable bonds is 3. The van der Waals surface area contributed by atoms with Crippen molar-refractivity contribution >= 4 is 5.78 Å². The molecule has 1 aliphatic carbocycles. The second-order valence-electron chi connectivity index (χ2n) is 6.34. The lowest BCUT2D eigenvalue weighted by Gasteiger charge is -2.30. The Bertz CT molecular complexity index is 617. The molecule has 1 saturated carbocycles. The summed E-state index contributed by atoms with van der Waals surface area (Å²) in [5, 5.41) is 4.33. The topological polar surface area (TPSA) is 34.9 Å². The summed E-state index contributed by atoms with van der Waals surface area (Å²) in [4.78, 5) is 12.6. The van der Waals surface area contributed by atoms with Crippen molar-refractivity contribution in [3.05, 3.63) is 48.3 Å². The van der Waals surface area contributed by atoms with E-state index in [0.29, 0.717) is 5.92 Å². The first-order chi connectivity index (χ1) is 10.1. The first-order valence-corrected chi connectivity index (χ1v) is 7.79. The SMILES string of the molecule is CC1CCC(C(=O)c2cnn(-c3ccccc3)c2)CC1C. The summed E-state index contributed by atoms with van der Waals surface area (Å²) in [5.74, 6) is 1.80. The van der Waals surface area contributed by atoms with E-state index < -0.39 is 0 Å². The van der Waals surface area contributed by atoms with Gasteiger partial charge in [-0.05, 0) is 43.2 Å². The van der Waals surface area contributed by atoms with Crippen molar-refractivity contribution in [3.63, 3.8) is 0 Å². The fourth-order valence-corrected chi connectivity index (χ4v) is 3.19. The van der Waals surface area contributed by atoms with Gasteiger partial charge in [0.05, 0.1) is 17.4 Å². The van der Waals surface area contributed by atoms with Gasteiger partial charge in [0.15, 0.2) is 5.78 Å². The minimum atomic E-state index is 0.171. The molecular formula is C18H22N2O. The molecule has 2 aromatic rings. The Balaban J connectivity index is 1.76. The number of hydrogen-bond donors (Lipinski definition) is 0. The number of para-hydroxylation sites is 1. The van der Waals surface area contributed by atoms with E-state index >= 15 is 0 Å². The first-order valence-electron chi connectivity index (χ1n) is 7.79. The van der Waals surface area contributed by atoms with E-state index in [1.54, 1.807) is 10.9 Å². The number of hydrogen-bond acceptors (Lipinski definition) is 2. The van der Waals surface area contributed by atoms with Gasteiger partial charge in [-0.2, -0.15) is 5.10 Å². The lowest BCUT2D eigenvalue weighted by Crippen LogP contribution is -2.26. The third-order valence-corrected chi connectivity index (χ3v) is 4.86. The molecule has 0 radical (unpaired) electrons. The zero-order valence-corrected chi connectivity index (χ0v) is 12.7. The van der Waals surface area contributed by atoms with Crippen LogP contribution in [0, 0.1) is 17.8 Å². The monoisotopic (exact) mass is 282 g/mol. The van der Waals surface area contributed by atoms with Crippen LogP contribution in [0.15, 0.2) is 42.7 Å². The molecule has 0 N–H and O–H groups in total. The molecule has 21 heavy (non-hydrogen) atoms. The van der Waals surface area contributed by atoms with Gasteiger partial charge >= 0.3 is 0 Å². The van der Waals surface area contributed by atoms with Crippen LogP contribution in [0.4, 0.5) is 0 Å². The number of carbonyl (C=O) groups is 1. The van der Waals surface area contributed by atoms with Crippen molar-refractivity contribution in [1.82, 2.24) is 9.78 Å². The molecule has 3 nitrogen and oxygen atoms in total. The molecule has 3 heteroatoms. The first kappa shape index (κ1) is 14.1. The van der Waals surface area contributed by atoms with E-state index in [-0.39, 0.29) is 11.7 Å². The number of ketones is 1. The second-order valence-corrected chi connectivity index (χ2v) is 6.34. The van der Waals surface area contributed by atoms with Gasteiger partial charge in [0.25, 0.3) is 0 Å². The molecule has 3 atom stereocenters. The number of Topliss-reactive ketones (excluding diaryl/α,β-unsaturated/α-hetero) is 1. The highest BCUT2D eigenvalue weighted by Gasteiger charge is 2.30. The quantitative estimate of drug-likeness (QED) is 0.793. The molecular weight excluding hydrogens is 260 g/mol. The van der Waals surface area contributed by atoms with Gasteiger partial charge in [-0.1, -0.05) is 32.0 Å². The Morgan fingerprint density at radius 3 is 2.62 bits per heavy atom. The Labute approximate surface area is 126 Å². The van der Waals surface area contributed by atoms with Gasteiger partial charge in [-0.3, -0.25) is 4.79 Å². The largest absolute Gasteiger partial charge is 0.294 e. The van der Waals surface area contributed by atoms with Gasteiger partial charge in [-0.25, -0.2) is 4.68 Å². The summed E-state index contributed by atoms with van der Waals surface area (Å²) in [6, 6.07) is 9.91. The van der Waals surface area contributed by atoms with Crippen LogP contribution in [-0.4, -0.2) is 15.6 Å². The van der Waals surface area contributed by atoms with Crippen LogP contribution >= 0.6 is 0 Å². The molecule has 110 valence electrons. The molecule has 1 fully saturated rings. The zero-order valence-electron chi connectivity index (χ0n) is 12.7. The Kier molecular flexibility index (Phi) is 3.91. The minimum absolute atomic E-state index is 0.171. The molecule has 0 saturated heterocycles. The van der Waals surface area contributed by atoms with Crippen LogP contribution < -0.4 is 0 Å². The van der Waals surface area contributed by atoms with Crippen LogP contribution in [0.2, 0.25) is 0 Å². The lowest BCUT2D eigenvalue weighted by atomic mass is 9.74. The summed E-state index contributed by atoms with van der Waals surface area (Å²) < 4.78 is 1.78. The smallest absolute Gasteiger partial charge is 0.169 e. The van der Waals surface area contributed by atoms with E-state index in [4.69, 9.17) is 0 Å².